The van der Waals surface area contributed by atoms with Crippen molar-refractivity contribution in [3.63, 3.8) is 0 Å². The Morgan fingerprint density at radius 1 is 1.05 bits per heavy atom. The van der Waals surface area contributed by atoms with E-state index in [-0.39, 0.29) is 0 Å². The Balaban J connectivity index is 1.60. The van der Waals surface area contributed by atoms with E-state index < -0.39 is 0 Å². The van der Waals surface area contributed by atoms with Crippen LogP contribution in [0.25, 0.3) is 0 Å². The minimum atomic E-state index is 0.558. The van der Waals surface area contributed by atoms with Crippen LogP contribution in [0.5, 0.6) is 0 Å². The fraction of sp³-hybridized carbons (Fsp3) is 0.250. The van der Waals surface area contributed by atoms with Gasteiger partial charge in [0.1, 0.15) is 0 Å². The zero-order valence-electron chi connectivity index (χ0n) is 10.4. The molecule has 2 aromatic carbocycles. The van der Waals surface area contributed by atoms with E-state index in [4.69, 9.17) is 11.6 Å². The summed E-state index contributed by atoms with van der Waals surface area (Å²) in [6.45, 7) is 0. The Labute approximate surface area is 127 Å². The third-order valence-corrected chi connectivity index (χ3v) is 4.62. The van der Waals surface area contributed by atoms with Crippen molar-refractivity contribution in [2.24, 2.45) is 0 Å². The molecule has 1 fully saturated rings. The fourth-order valence-electron chi connectivity index (χ4n) is 2.57. The molecule has 98 valence electrons. The second-order valence-electron chi connectivity index (χ2n) is 5.04. The topological polar surface area (TPSA) is 12.0 Å². The second kappa shape index (κ2) is 5.56. The Kier molecular flexibility index (Phi) is 3.81. The van der Waals surface area contributed by atoms with Gasteiger partial charge in [-0.1, -0.05) is 35.9 Å². The van der Waals surface area contributed by atoms with Crippen LogP contribution in [-0.2, 0) is 0 Å². The highest BCUT2D eigenvalue weighted by atomic mass is 79.9. The van der Waals surface area contributed by atoms with Gasteiger partial charge in [-0.2, -0.15) is 0 Å². The third kappa shape index (κ3) is 2.96. The predicted molar refractivity (Wildman–Crippen MR) is 85.0 cm³/mol. The molecule has 1 aliphatic carbocycles. The lowest BCUT2D eigenvalue weighted by Gasteiger charge is -2.37. The number of nitrogens with one attached hydrogen (secondary N) is 1. The maximum Gasteiger partial charge on any atom is 0.0486 e. The highest BCUT2D eigenvalue weighted by molar-refractivity contribution is 9.10. The third-order valence-electron chi connectivity index (χ3n) is 3.69. The SMILES string of the molecule is Clc1cccc(C2CC(Nc3ccccc3Br)C2)c1. The number of rotatable bonds is 3. The van der Waals surface area contributed by atoms with Gasteiger partial charge in [-0.15, -0.1) is 0 Å². The minimum absolute atomic E-state index is 0.558. The van der Waals surface area contributed by atoms with Crippen LogP contribution in [0.2, 0.25) is 5.02 Å². The van der Waals surface area contributed by atoms with Gasteiger partial charge in [0.05, 0.1) is 0 Å². The summed E-state index contributed by atoms with van der Waals surface area (Å²) in [6.07, 6.45) is 2.34. The van der Waals surface area contributed by atoms with E-state index in [1.165, 1.54) is 24.1 Å². The average Bonchev–Trinajstić information content (AvgIpc) is 2.35. The maximum absolute atomic E-state index is 6.04. The lowest BCUT2D eigenvalue weighted by atomic mass is 9.76. The van der Waals surface area contributed by atoms with Crippen molar-refractivity contribution < 1.29 is 0 Å². The molecule has 0 unspecified atom stereocenters. The number of hydrogen-bond donors (Lipinski definition) is 1. The van der Waals surface area contributed by atoms with Crippen molar-refractivity contribution in [3.8, 4) is 0 Å². The molecule has 0 aromatic heterocycles. The van der Waals surface area contributed by atoms with E-state index in [1.807, 2.05) is 18.2 Å². The number of anilines is 1. The largest absolute Gasteiger partial charge is 0.381 e. The predicted octanol–water partition coefficient (Wildman–Crippen LogP) is 5.46. The van der Waals surface area contributed by atoms with E-state index in [0.29, 0.717) is 12.0 Å². The van der Waals surface area contributed by atoms with E-state index in [1.54, 1.807) is 0 Å². The van der Waals surface area contributed by atoms with Gasteiger partial charge in [0.15, 0.2) is 0 Å². The summed E-state index contributed by atoms with van der Waals surface area (Å²) in [5, 5.41) is 4.41. The van der Waals surface area contributed by atoms with E-state index >= 15 is 0 Å². The first-order chi connectivity index (χ1) is 9.22. The van der Waals surface area contributed by atoms with Gasteiger partial charge in [0.25, 0.3) is 0 Å². The van der Waals surface area contributed by atoms with Crippen LogP contribution in [-0.4, -0.2) is 6.04 Å². The quantitative estimate of drug-likeness (QED) is 0.784. The van der Waals surface area contributed by atoms with Crippen LogP contribution in [0.15, 0.2) is 53.0 Å². The van der Waals surface area contributed by atoms with Crippen LogP contribution in [0.1, 0.15) is 24.3 Å². The van der Waals surface area contributed by atoms with E-state index in [2.05, 4.69) is 51.6 Å². The van der Waals surface area contributed by atoms with Crippen molar-refractivity contribution in [1.82, 2.24) is 0 Å². The summed E-state index contributed by atoms with van der Waals surface area (Å²) >= 11 is 9.60. The minimum Gasteiger partial charge on any atom is -0.381 e. The summed E-state index contributed by atoms with van der Waals surface area (Å²) in [5.74, 6) is 0.638. The highest BCUT2D eigenvalue weighted by Gasteiger charge is 2.30. The van der Waals surface area contributed by atoms with Gasteiger partial charge in [0, 0.05) is 21.2 Å². The Bertz CT molecular complexity index is 578. The molecule has 3 rings (SSSR count). The summed E-state index contributed by atoms with van der Waals surface area (Å²) in [5.41, 5.74) is 2.54. The Hall–Kier alpha value is -0.990. The molecule has 0 aliphatic heterocycles. The first-order valence-electron chi connectivity index (χ1n) is 6.49. The van der Waals surface area contributed by atoms with Crippen molar-refractivity contribution in [2.75, 3.05) is 5.32 Å². The van der Waals surface area contributed by atoms with Gasteiger partial charge in [0.2, 0.25) is 0 Å². The summed E-state index contributed by atoms with van der Waals surface area (Å²) in [6, 6.07) is 17.0. The van der Waals surface area contributed by atoms with Crippen LogP contribution in [0.3, 0.4) is 0 Å². The molecule has 0 atom stereocenters. The molecular weight excluding hydrogens is 322 g/mol. The van der Waals surface area contributed by atoms with Crippen LogP contribution in [0, 0.1) is 0 Å². The molecule has 0 bridgehead atoms. The van der Waals surface area contributed by atoms with Gasteiger partial charge < -0.3 is 5.32 Å². The molecule has 0 spiro atoms. The molecule has 3 heteroatoms. The van der Waals surface area contributed by atoms with Crippen molar-refractivity contribution >= 4 is 33.2 Å². The van der Waals surface area contributed by atoms with Gasteiger partial charge in [-0.25, -0.2) is 0 Å². The average molecular weight is 337 g/mol. The molecular formula is C16H15BrClN. The molecule has 0 saturated heterocycles. The van der Waals surface area contributed by atoms with Crippen LogP contribution in [0.4, 0.5) is 5.69 Å². The summed E-state index contributed by atoms with van der Waals surface area (Å²) in [4.78, 5) is 0. The number of para-hydroxylation sites is 1. The molecule has 1 nitrogen and oxygen atoms in total. The van der Waals surface area contributed by atoms with Gasteiger partial charge >= 0.3 is 0 Å². The zero-order valence-corrected chi connectivity index (χ0v) is 12.8. The maximum atomic E-state index is 6.04. The molecule has 19 heavy (non-hydrogen) atoms. The van der Waals surface area contributed by atoms with E-state index in [0.717, 1.165) is 9.50 Å². The van der Waals surface area contributed by atoms with Crippen molar-refractivity contribution in [1.29, 1.82) is 0 Å². The smallest absolute Gasteiger partial charge is 0.0486 e. The first-order valence-corrected chi connectivity index (χ1v) is 7.66. The van der Waals surface area contributed by atoms with Crippen LogP contribution < -0.4 is 5.32 Å². The molecule has 2 aromatic rings. The zero-order chi connectivity index (χ0) is 13.2. The second-order valence-corrected chi connectivity index (χ2v) is 6.34. The first kappa shape index (κ1) is 13.0. The number of halogens is 2. The molecule has 0 heterocycles. The lowest BCUT2D eigenvalue weighted by molar-refractivity contribution is 0.374. The highest BCUT2D eigenvalue weighted by Crippen LogP contribution is 2.39. The number of hydrogen-bond acceptors (Lipinski definition) is 1. The van der Waals surface area contributed by atoms with Gasteiger partial charge in [-0.3, -0.25) is 0 Å². The summed E-state index contributed by atoms with van der Waals surface area (Å²) < 4.78 is 1.13. The standard InChI is InChI=1S/C16H15BrClN/c17-15-6-1-2-7-16(15)19-14-9-12(10-14)11-4-3-5-13(18)8-11/h1-8,12,14,19H,9-10H2. The lowest BCUT2D eigenvalue weighted by Crippen LogP contribution is -2.34. The van der Waals surface area contributed by atoms with Gasteiger partial charge in [-0.05, 0) is 64.5 Å². The van der Waals surface area contributed by atoms with Crippen LogP contribution >= 0.6 is 27.5 Å². The van der Waals surface area contributed by atoms with Crippen molar-refractivity contribution in [3.05, 3.63) is 63.6 Å². The molecule has 1 aliphatic rings. The molecule has 0 radical (unpaired) electrons. The monoisotopic (exact) mass is 335 g/mol. The Morgan fingerprint density at radius 2 is 1.84 bits per heavy atom. The van der Waals surface area contributed by atoms with Crippen molar-refractivity contribution in [2.45, 2.75) is 24.8 Å². The fourth-order valence-corrected chi connectivity index (χ4v) is 3.16. The Morgan fingerprint density at radius 3 is 2.58 bits per heavy atom. The molecule has 1 saturated carbocycles. The summed E-state index contributed by atoms with van der Waals surface area (Å²) in [7, 11) is 0. The normalized spacial score (nSPS) is 21.8. The van der Waals surface area contributed by atoms with E-state index in [9.17, 15) is 0 Å². The molecule has 0 amide bonds. The molecule has 1 N–H and O–H groups in total. The number of benzene rings is 2.